The highest BCUT2D eigenvalue weighted by molar-refractivity contribution is 5.89. The van der Waals surface area contributed by atoms with Crippen molar-refractivity contribution < 1.29 is 13.2 Å². The number of para-hydroxylation sites is 1. The molecular formula is C19H9F3N2. The second kappa shape index (κ2) is 4.32. The van der Waals surface area contributed by atoms with Gasteiger partial charge in [0.1, 0.15) is 0 Å². The first-order valence-electron chi connectivity index (χ1n) is 7.44. The summed E-state index contributed by atoms with van der Waals surface area (Å²) in [6.07, 6.45) is -4.43. The smallest absolute Gasteiger partial charge is 0.248 e. The first-order chi connectivity index (χ1) is 11.5. The van der Waals surface area contributed by atoms with Gasteiger partial charge in [-0.05, 0) is 30.3 Å². The van der Waals surface area contributed by atoms with Crippen molar-refractivity contribution in [1.29, 1.82) is 0 Å². The van der Waals surface area contributed by atoms with E-state index < -0.39 is 11.7 Å². The third-order valence-electron chi connectivity index (χ3n) is 4.42. The maximum Gasteiger partial charge on any atom is 0.417 e. The summed E-state index contributed by atoms with van der Waals surface area (Å²) in [4.78, 5) is 8.95. The molecule has 2 nitrogen and oxygen atoms in total. The molecule has 24 heavy (non-hydrogen) atoms. The van der Waals surface area contributed by atoms with E-state index in [-0.39, 0.29) is 5.56 Å². The zero-order valence-corrected chi connectivity index (χ0v) is 12.2. The van der Waals surface area contributed by atoms with Gasteiger partial charge in [0.25, 0.3) is 0 Å². The second-order valence-electron chi connectivity index (χ2n) is 5.79. The lowest BCUT2D eigenvalue weighted by Crippen LogP contribution is -2.08. The van der Waals surface area contributed by atoms with Crippen LogP contribution in [0.1, 0.15) is 5.56 Å². The van der Waals surface area contributed by atoms with Gasteiger partial charge in [-0.25, -0.2) is 9.98 Å². The third kappa shape index (κ3) is 1.67. The summed E-state index contributed by atoms with van der Waals surface area (Å²) < 4.78 is 40.4. The zero-order chi connectivity index (χ0) is 16.5. The molecule has 2 aliphatic heterocycles. The number of halogens is 3. The van der Waals surface area contributed by atoms with Crippen LogP contribution in [0.25, 0.3) is 11.1 Å². The number of hydrogen-bond donors (Lipinski definition) is 0. The molecule has 0 atom stereocenters. The molecule has 116 valence electrons. The molecule has 0 saturated carbocycles. The van der Waals surface area contributed by atoms with E-state index in [0.29, 0.717) is 22.3 Å². The lowest BCUT2D eigenvalue weighted by molar-refractivity contribution is -0.137. The van der Waals surface area contributed by atoms with Crippen LogP contribution in [0.4, 0.5) is 24.5 Å². The van der Waals surface area contributed by atoms with E-state index in [9.17, 15) is 13.2 Å². The summed E-state index contributed by atoms with van der Waals surface area (Å²) in [7, 11) is 0. The number of benzene rings is 3. The molecular weight excluding hydrogens is 313 g/mol. The van der Waals surface area contributed by atoms with Gasteiger partial charge in [0, 0.05) is 21.6 Å². The Morgan fingerprint density at radius 3 is 2.33 bits per heavy atom. The van der Waals surface area contributed by atoms with E-state index in [4.69, 9.17) is 0 Å². The molecule has 5 heteroatoms. The monoisotopic (exact) mass is 322 g/mol. The first kappa shape index (κ1) is 13.5. The van der Waals surface area contributed by atoms with E-state index in [2.05, 4.69) is 9.98 Å². The Morgan fingerprint density at radius 1 is 0.667 bits per heavy atom. The average molecular weight is 322 g/mol. The van der Waals surface area contributed by atoms with Gasteiger partial charge in [0.05, 0.1) is 27.7 Å². The molecule has 0 spiro atoms. The molecule has 3 aromatic rings. The maximum absolute atomic E-state index is 13.5. The highest BCUT2D eigenvalue weighted by Crippen LogP contribution is 2.46. The van der Waals surface area contributed by atoms with Gasteiger partial charge in [-0.2, -0.15) is 13.2 Å². The van der Waals surface area contributed by atoms with Crippen LogP contribution >= 0.6 is 0 Å². The number of alkyl halides is 3. The molecule has 2 aliphatic rings. The summed E-state index contributed by atoms with van der Waals surface area (Å²) in [5, 5.41) is 3.11. The van der Waals surface area contributed by atoms with Crippen molar-refractivity contribution in [1.82, 2.24) is 0 Å². The van der Waals surface area contributed by atoms with Crippen LogP contribution in [0.5, 0.6) is 0 Å². The van der Waals surface area contributed by atoms with Gasteiger partial charge in [-0.1, -0.05) is 24.3 Å². The van der Waals surface area contributed by atoms with E-state index >= 15 is 0 Å². The Labute approximate surface area is 133 Å². The van der Waals surface area contributed by atoms with Gasteiger partial charge in [-0.15, -0.1) is 0 Å². The molecule has 0 saturated heterocycles. The van der Waals surface area contributed by atoms with Crippen molar-refractivity contribution in [3.05, 3.63) is 81.3 Å². The number of hydrogen-bond acceptors (Lipinski definition) is 2. The number of nitrogens with zero attached hydrogens (tertiary/aromatic N) is 2. The van der Waals surface area contributed by atoms with Gasteiger partial charge in [-0.3, -0.25) is 0 Å². The maximum atomic E-state index is 13.5. The van der Waals surface area contributed by atoms with Crippen LogP contribution in [-0.2, 0) is 6.18 Å². The SMILES string of the molecule is FC(F)(F)c1cccc2c1-c1c3c(ccc1=N2)=c1ccccc1=N3. The molecule has 3 aromatic carbocycles. The van der Waals surface area contributed by atoms with E-state index in [1.54, 1.807) is 12.1 Å². The minimum absolute atomic E-state index is 0.133. The highest BCUT2D eigenvalue weighted by atomic mass is 19.4. The molecule has 2 heterocycles. The fraction of sp³-hybridized carbons (Fsp3) is 0.0526. The van der Waals surface area contributed by atoms with Crippen LogP contribution in [-0.4, -0.2) is 0 Å². The van der Waals surface area contributed by atoms with Crippen molar-refractivity contribution in [2.75, 3.05) is 0 Å². The molecule has 0 radical (unpaired) electrons. The van der Waals surface area contributed by atoms with Gasteiger partial charge in [0.15, 0.2) is 0 Å². The van der Waals surface area contributed by atoms with Crippen molar-refractivity contribution in [2.45, 2.75) is 6.18 Å². The Bertz CT molecular complexity index is 1240. The average Bonchev–Trinajstić information content (AvgIpc) is 3.11. The minimum atomic E-state index is -4.43. The van der Waals surface area contributed by atoms with Crippen molar-refractivity contribution in [3.63, 3.8) is 0 Å². The first-order valence-corrected chi connectivity index (χ1v) is 7.44. The van der Waals surface area contributed by atoms with Crippen LogP contribution in [0.3, 0.4) is 0 Å². The summed E-state index contributed by atoms with van der Waals surface area (Å²) in [6.45, 7) is 0. The van der Waals surface area contributed by atoms with Gasteiger partial charge in [0.2, 0.25) is 0 Å². The lowest BCUT2D eigenvalue weighted by atomic mass is 9.97. The molecule has 0 N–H and O–H groups in total. The van der Waals surface area contributed by atoms with Gasteiger partial charge >= 0.3 is 6.18 Å². The van der Waals surface area contributed by atoms with Crippen LogP contribution in [0, 0.1) is 10.4 Å². The summed E-state index contributed by atoms with van der Waals surface area (Å²) in [6, 6.07) is 15.3. The van der Waals surface area contributed by atoms with Crippen LogP contribution in [0.2, 0.25) is 0 Å². The van der Waals surface area contributed by atoms with Crippen molar-refractivity contribution in [2.24, 2.45) is 9.98 Å². The van der Waals surface area contributed by atoms with Crippen LogP contribution in [0.15, 0.2) is 64.6 Å². The van der Waals surface area contributed by atoms with E-state index in [0.717, 1.165) is 21.9 Å². The molecule has 0 unspecified atom stereocenters. The Hall–Kier alpha value is -2.95. The quantitative estimate of drug-likeness (QED) is 0.408. The van der Waals surface area contributed by atoms with Crippen LogP contribution < -0.4 is 10.7 Å². The summed E-state index contributed by atoms with van der Waals surface area (Å²) in [5.74, 6) is 0. The molecule has 0 amide bonds. The largest absolute Gasteiger partial charge is 0.417 e. The normalized spacial score (nSPS) is 13.5. The molecule has 0 fully saturated rings. The predicted octanol–water partition coefficient (Wildman–Crippen LogP) is 4.19. The molecule has 0 bridgehead atoms. The Kier molecular flexibility index (Phi) is 2.43. The van der Waals surface area contributed by atoms with E-state index in [1.165, 1.54) is 6.07 Å². The lowest BCUT2D eigenvalue weighted by Gasteiger charge is -2.12. The molecule has 0 aliphatic carbocycles. The standard InChI is InChI=1S/C19H9F3N2/c20-19(21,22)12-5-3-7-14-16(12)17-15(23-14)9-8-11-10-4-1-2-6-13(10)24-18(11)17/h1-9H. The highest BCUT2D eigenvalue weighted by Gasteiger charge is 2.37. The van der Waals surface area contributed by atoms with Crippen molar-refractivity contribution >= 4 is 11.4 Å². The van der Waals surface area contributed by atoms with Crippen molar-refractivity contribution in [3.8, 4) is 11.1 Å². The Balaban J connectivity index is 1.96. The molecule has 5 rings (SSSR count). The van der Waals surface area contributed by atoms with E-state index in [1.807, 2.05) is 30.3 Å². The predicted molar refractivity (Wildman–Crippen MR) is 82.6 cm³/mol. The third-order valence-corrected chi connectivity index (χ3v) is 4.42. The number of fused-ring (bicyclic) bond motifs is 6. The summed E-state index contributed by atoms with van der Waals surface area (Å²) >= 11 is 0. The molecule has 0 aromatic heterocycles. The van der Waals surface area contributed by atoms with Gasteiger partial charge < -0.3 is 0 Å². The second-order valence-corrected chi connectivity index (χ2v) is 5.79. The zero-order valence-electron chi connectivity index (χ0n) is 12.2. The minimum Gasteiger partial charge on any atom is -0.248 e. The topological polar surface area (TPSA) is 24.7 Å². The fourth-order valence-electron chi connectivity index (χ4n) is 3.43. The Morgan fingerprint density at radius 2 is 1.50 bits per heavy atom. The number of rotatable bonds is 0. The summed E-state index contributed by atoms with van der Waals surface area (Å²) in [5.41, 5.74) is 0.870. The fourth-order valence-corrected chi connectivity index (χ4v) is 3.43.